The first-order valence-electron chi connectivity index (χ1n) is 8.47. The van der Waals surface area contributed by atoms with Gasteiger partial charge in [-0.25, -0.2) is 14.8 Å². The van der Waals surface area contributed by atoms with E-state index in [1.165, 1.54) is 0 Å². The number of anilines is 1. The number of carbonyl (C=O) groups is 1. The van der Waals surface area contributed by atoms with Gasteiger partial charge in [0, 0.05) is 43.9 Å². The van der Waals surface area contributed by atoms with Crippen molar-refractivity contribution in [3.05, 3.63) is 17.6 Å². The molecule has 6 nitrogen and oxygen atoms in total. The second kappa shape index (κ2) is 8.00. The monoisotopic (exact) mass is 329 g/mol. The van der Waals surface area contributed by atoms with Gasteiger partial charge >= 0.3 is 6.03 Å². The maximum absolute atomic E-state index is 12.0. The first-order valence-corrected chi connectivity index (χ1v) is 8.47. The zero-order valence-corrected chi connectivity index (χ0v) is 15.0. The summed E-state index contributed by atoms with van der Waals surface area (Å²) in [5.74, 6) is 4.61. The van der Waals surface area contributed by atoms with Crippen molar-refractivity contribution >= 4 is 11.8 Å². The average molecular weight is 329 g/mol. The molecule has 6 heteroatoms. The predicted octanol–water partition coefficient (Wildman–Crippen LogP) is 2.15. The Bertz CT molecular complexity index is 614. The molecule has 1 N–H and O–H groups in total. The highest BCUT2D eigenvalue weighted by Gasteiger charge is 2.26. The van der Waals surface area contributed by atoms with Gasteiger partial charge in [0.25, 0.3) is 0 Å². The Morgan fingerprint density at radius 3 is 2.71 bits per heavy atom. The number of hydrogen-bond donors (Lipinski definition) is 1. The van der Waals surface area contributed by atoms with Crippen LogP contribution in [0.15, 0.2) is 6.07 Å². The molecule has 0 radical (unpaired) electrons. The Morgan fingerprint density at radius 2 is 2.12 bits per heavy atom. The molecule has 2 rings (SSSR count). The molecule has 0 unspecified atom stereocenters. The van der Waals surface area contributed by atoms with Crippen molar-refractivity contribution in [2.45, 2.75) is 45.6 Å². The van der Waals surface area contributed by atoms with Crippen molar-refractivity contribution in [1.29, 1.82) is 0 Å². The van der Waals surface area contributed by atoms with Crippen LogP contribution in [0.25, 0.3) is 0 Å². The third-order valence-corrected chi connectivity index (χ3v) is 4.37. The molecule has 1 aliphatic rings. The van der Waals surface area contributed by atoms with Crippen LogP contribution in [0.3, 0.4) is 0 Å². The first kappa shape index (κ1) is 18.1. The number of aryl methyl sites for hydroxylation is 1. The van der Waals surface area contributed by atoms with Crippen LogP contribution >= 0.6 is 0 Å². The fourth-order valence-corrected chi connectivity index (χ4v) is 2.89. The maximum atomic E-state index is 12.0. The van der Waals surface area contributed by atoms with E-state index in [4.69, 9.17) is 11.4 Å². The molecule has 0 saturated carbocycles. The van der Waals surface area contributed by atoms with E-state index in [9.17, 15) is 4.79 Å². The molecular formula is C18H27N5O. The summed E-state index contributed by atoms with van der Waals surface area (Å²) in [5, 5.41) is 2.72. The summed E-state index contributed by atoms with van der Waals surface area (Å²) < 4.78 is 0. The number of nitrogens with zero attached hydrogens (tertiary/aromatic N) is 4. The van der Waals surface area contributed by atoms with Gasteiger partial charge in [0.2, 0.25) is 0 Å². The zero-order chi connectivity index (χ0) is 17.7. The second-order valence-corrected chi connectivity index (χ2v) is 6.57. The summed E-state index contributed by atoms with van der Waals surface area (Å²) in [6.45, 7) is 8.24. The summed E-state index contributed by atoms with van der Waals surface area (Å²) >= 11 is 0. The molecule has 1 fully saturated rings. The molecule has 2 amide bonds. The van der Waals surface area contributed by atoms with Crippen LogP contribution in [0.2, 0.25) is 0 Å². The van der Waals surface area contributed by atoms with E-state index in [1.54, 1.807) is 4.90 Å². The molecule has 2 heterocycles. The van der Waals surface area contributed by atoms with Crippen LogP contribution in [0.5, 0.6) is 0 Å². The molecule has 0 spiro atoms. The van der Waals surface area contributed by atoms with Gasteiger partial charge in [0.15, 0.2) is 0 Å². The van der Waals surface area contributed by atoms with Gasteiger partial charge in [-0.3, -0.25) is 0 Å². The van der Waals surface area contributed by atoms with E-state index in [2.05, 4.69) is 35.0 Å². The summed E-state index contributed by atoms with van der Waals surface area (Å²) in [5.41, 5.74) is 0.997. The predicted molar refractivity (Wildman–Crippen MR) is 96.1 cm³/mol. The Kier molecular flexibility index (Phi) is 6.02. The summed E-state index contributed by atoms with van der Waals surface area (Å²) in [6, 6.07) is 2.16. The van der Waals surface area contributed by atoms with E-state index in [0.717, 1.165) is 43.3 Å². The lowest BCUT2D eigenvalue weighted by Gasteiger charge is -2.37. The fourth-order valence-electron chi connectivity index (χ4n) is 2.89. The minimum atomic E-state index is -0.105. The number of nitrogens with one attached hydrogen (secondary N) is 1. The zero-order valence-electron chi connectivity index (χ0n) is 15.0. The van der Waals surface area contributed by atoms with Crippen LogP contribution < -0.4 is 10.2 Å². The third kappa shape index (κ3) is 4.38. The number of terminal acetylenes is 1. The van der Waals surface area contributed by atoms with Gasteiger partial charge < -0.3 is 15.1 Å². The molecule has 0 aromatic carbocycles. The van der Waals surface area contributed by atoms with Crippen molar-refractivity contribution in [3.8, 4) is 12.3 Å². The number of urea groups is 1. The standard InChI is InChI=1S/C18H27N5O/c1-6-9-19-18(24)22(5)15-7-10-23(11-8-15)16-12-14(4)20-17(21-16)13(2)3/h1,12-13,15H,7-11H2,2-5H3,(H,19,24). The van der Waals surface area contributed by atoms with Gasteiger partial charge in [0.1, 0.15) is 11.6 Å². The van der Waals surface area contributed by atoms with Crippen molar-refractivity contribution < 1.29 is 4.79 Å². The topological polar surface area (TPSA) is 61.4 Å². The lowest BCUT2D eigenvalue weighted by atomic mass is 10.0. The summed E-state index contributed by atoms with van der Waals surface area (Å²) in [6.07, 6.45) is 7.01. The van der Waals surface area contributed by atoms with Gasteiger partial charge in [-0.15, -0.1) is 6.42 Å². The number of aromatic nitrogens is 2. The molecule has 130 valence electrons. The van der Waals surface area contributed by atoms with Gasteiger partial charge in [-0.1, -0.05) is 19.8 Å². The van der Waals surface area contributed by atoms with Crippen LogP contribution in [-0.2, 0) is 0 Å². The second-order valence-electron chi connectivity index (χ2n) is 6.57. The normalized spacial score (nSPS) is 15.2. The number of rotatable bonds is 4. The lowest BCUT2D eigenvalue weighted by molar-refractivity contribution is 0.181. The number of hydrogen-bond acceptors (Lipinski definition) is 4. The highest BCUT2D eigenvalue weighted by molar-refractivity contribution is 5.74. The van der Waals surface area contributed by atoms with E-state index < -0.39 is 0 Å². The Hall–Kier alpha value is -2.29. The lowest BCUT2D eigenvalue weighted by Crippen LogP contribution is -2.49. The summed E-state index contributed by atoms with van der Waals surface area (Å²) in [4.78, 5) is 25.3. The van der Waals surface area contributed by atoms with Gasteiger partial charge in [-0.05, 0) is 19.8 Å². The fraction of sp³-hybridized carbons (Fsp3) is 0.611. The van der Waals surface area contributed by atoms with E-state index in [-0.39, 0.29) is 18.6 Å². The molecule has 1 saturated heterocycles. The molecule has 1 aromatic rings. The van der Waals surface area contributed by atoms with E-state index in [0.29, 0.717) is 5.92 Å². The van der Waals surface area contributed by atoms with Crippen molar-refractivity contribution in [3.63, 3.8) is 0 Å². The number of piperidine rings is 1. The molecule has 0 bridgehead atoms. The van der Waals surface area contributed by atoms with E-state index >= 15 is 0 Å². The largest absolute Gasteiger partial charge is 0.356 e. The molecular weight excluding hydrogens is 302 g/mol. The van der Waals surface area contributed by atoms with Gasteiger partial charge in [0.05, 0.1) is 6.54 Å². The number of carbonyl (C=O) groups excluding carboxylic acids is 1. The molecule has 1 aromatic heterocycles. The highest BCUT2D eigenvalue weighted by atomic mass is 16.2. The average Bonchev–Trinajstić information content (AvgIpc) is 2.58. The minimum absolute atomic E-state index is 0.105. The summed E-state index contributed by atoms with van der Waals surface area (Å²) in [7, 11) is 1.83. The Labute approximate surface area is 144 Å². The van der Waals surface area contributed by atoms with Crippen LogP contribution in [-0.4, -0.2) is 53.6 Å². The Morgan fingerprint density at radius 1 is 1.46 bits per heavy atom. The van der Waals surface area contributed by atoms with Crippen LogP contribution in [0.4, 0.5) is 10.6 Å². The van der Waals surface area contributed by atoms with Crippen LogP contribution in [0, 0.1) is 19.3 Å². The number of amides is 2. The van der Waals surface area contributed by atoms with Crippen molar-refractivity contribution in [2.75, 3.05) is 31.6 Å². The SMILES string of the molecule is C#CCNC(=O)N(C)C1CCN(c2cc(C)nc(C(C)C)n2)CC1. The van der Waals surface area contributed by atoms with Gasteiger partial charge in [-0.2, -0.15) is 0 Å². The quantitative estimate of drug-likeness (QED) is 0.860. The Balaban J connectivity index is 1.98. The van der Waals surface area contributed by atoms with Crippen molar-refractivity contribution in [1.82, 2.24) is 20.2 Å². The van der Waals surface area contributed by atoms with E-state index in [1.807, 2.05) is 20.0 Å². The molecule has 1 aliphatic heterocycles. The third-order valence-electron chi connectivity index (χ3n) is 4.37. The minimum Gasteiger partial charge on any atom is -0.356 e. The molecule has 0 aliphatic carbocycles. The van der Waals surface area contributed by atoms with Crippen molar-refractivity contribution in [2.24, 2.45) is 0 Å². The molecule has 0 atom stereocenters. The smallest absolute Gasteiger partial charge is 0.318 e. The highest BCUT2D eigenvalue weighted by Crippen LogP contribution is 2.22. The first-order chi connectivity index (χ1) is 11.4. The van der Waals surface area contributed by atoms with Crippen LogP contribution in [0.1, 0.15) is 44.1 Å². The molecule has 24 heavy (non-hydrogen) atoms. The maximum Gasteiger partial charge on any atom is 0.318 e.